The minimum Gasteiger partial charge on any atom is -0.258 e. The number of nitro groups is 1. The molecule has 0 aromatic heterocycles. The van der Waals surface area contributed by atoms with E-state index < -0.39 is 10.7 Å². The van der Waals surface area contributed by atoms with Crippen LogP contribution >= 0.6 is 0 Å². The van der Waals surface area contributed by atoms with Gasteiger partial charge in [0.15, 0.2) is 0 Å². The van der Waals surface area contributed by atoms with Gasteiger partial charge in [-0.1, -0.05) is 0 Å². The molecule has 1 rings (SSSR count). The van der Waals surface area contributed by atoms with Crippen LogP contribution in [0.3, 0.4) is 0 Å². The van der Waals surface area contributed by atoms with Crippen molar-refractivity contribution in [1.29, 1.82) is 5.26 Å². The fourth-order valence-electron chi connectivity index (χ4n) is 0.899. The van der Waals surface area contributed by atoms with E-state index in [0.717, 1.165) is 24.3 Å². The van der Waals surface area contributed by atoms with Crippen LogP contribution in [0.4, 0.5) is 10.1 Å². The Bertz CT molecular complexity index is 435. The number of benzene rings is 1. The van der Waals surface area contributed by atoms with Crippen LogP contribution in [0.15, 0.2) is 24.3 Å². The molecular weight excluding hydrogens is 187 g/mol. The first kappa shape index (κ1) is 9.86. The molecule has 0 atom stereocenters. The largest absolute Gasteiger partial charge is 0.270 e. The number of rotatable bonds is 2. The Morgan fingerprint density at radius 2 is 2.29 bits per heavy atom. The van der Waals surface area contributed by atoms with Crippen molar-refractivity contribution in [2.45, 2.75) is 0 Å². The van der Waals surface area contributed by atoms with Gasteiger partial charge in [0, 0.05) is 23.8 Å². The number of nitriles is 1. The molecule has 0 aliphatic heterocycles. The van der Waals surface area contributed by atoms with E-state index in [9.17, 15) is 14.5 Å². The maximum atomic E-state index is 13.0. The average Bonchev–Trinajstić information content (AvgIpc) is 2.16. The molecule has 0 radical (unpaired) electrons. The van der Waals surface area contributed by atoms with Gasteiger partial charge >= 0.3 is 0 Å². The summed E-state index contributed by atoms with van der Waals surface area (Å²) in [5, 5.41) is 18.5. The molecule has 14 heavy (non-hydrogen) atoms. The Kier molecular flexibility index (Phi) is 2.92. The Labute approximate surface area is 79.0 Å². The van der Waals surface area contributed by atoms with E-state index in [0.29, 0.717) is 0 Å². The lowest BCUT2D eigenvalue weighted by Crippen LogP contribution is -1.90. The lowest BCUT2D eigenvalue weighted by Gasteiger charge is -1.95. The topological polar surface area (TPSA) is 66.9 Å². The maximum Gasteiger partial charge on any atom is 0.270 e. The zero-order valence-corrected chi connectivity index (χ0v) is 6.98. The van der Waals surface area contributed by atoms with Gasteiger partial charge in [-0.2, -0.15) is 5.26 Å². The van der Waals surface area contributed by atoms with Gasteiger partial charge in [-0.3, -0.25) is 10.1 Å². The molecule has 0 amide bonds. The van der Waals surface area contributed by atoms with Crippen LogP contribution in [0.1, 0.15) is 5.56 Å². The molecule has 0 N–H and O–H groups in total. The van der Waals surface area contributed by atoms with Crippen LogP contribution in [-0.2, 0) is 0 Å². The van der Waals surface area contributed by atoms with E-state index in [1.54, 1.807) is 6.07 Å². The summed E-state index contributed by atoms with van der Waals surface area (Å²) in [5.41, 5.74) is -0.176. The monoisotopic (exact) mass is 192 g/mol. The van der Waals surface area contributed by atoms with E-state index in [1.165, 1.54) is 6.08 Å². The van der Waals surface area contributed by atoms with Crippen molar-refractivity contribution in [3.8, 4) is 6.07 Å². The fraction of sp³-hybridized carbons (Fsp3) is 0. The van der Waals surface area contributed by atoms with Gasteiger partial charge < -0.3 is 0 Å². The quantitative estimate of drug-likeness (QED) is 0.410. The average molecular weight is 192 g/mol. The standard InChI is InChI=1S/C9H5FN2O2/c10-9-4-3-8(12(13)14)6-7(9)2-1-5-11/h1-4,6H/b2-1+. The molecule has 70 valence electrons. The van der Waals surface area contributed by atoms with Crippen molar-refractivity contribution in [1.82, 2.24) is 0 Å². The summed E-state index contributed by atoms with van der Waals surface area (Å²) < 4.78 is 13.0. The van der Waals surface area contributed by atoms with Gasteiger partial charge in [-0.25, -0.2) is 4.39 Å². The normalized spacial score (nSPS) is 10.0. The van der Waals surface area contributed by atoms with Crippen molar-refractivity contribution in [3.63, 3.8) is 0 Å². The molecule has 0 aliphatic carbocycles. The second kappa shape index (κ2) is 4.14. The second-order valence-electron chi connectivity index (χ2n) is 2.43. The molecule has 0 bridgehead atoms. The Balaban J connectivity index is 3.16. The summed E-state index contributed by atoms with van der Waals surface area (Å²) in [5.74, 6) is -0.595. The molecule has 0 saturated carbocycles. The van der Waals surface area contributed by atoms with Gasteiger partial charge in [0.25, 0.3) is 5.69 Å². The predicted molar refractivity (Wildman–Crippen MR) is 47.7 cm³/mol. The van der Waals surface area contributed by atoms with Gasteiger partial charge in [-0.15, -0.1) is 0 Å². The highest BCUT2D eigenvalue weighted by molar-refractivity contribution is 5.56. The zero-order valence-electron chi connectivity index (χ0n) is 6.98. The molecule has 0 saturated heterocycles. The van der Waals surface area contributed by atoms with Crippen LogP contribution < -0.4 is 0 Å². The third-order valence-corrected chi connectivity index (χ3v) is 1.53. The van der Waals surface area contributed by atoms with E-state index in [4.69, 9.17) is 5.26 Å². The Morgan fingerprint density at radius 3 is 2.86 bits per heavy atom. The molecular formula is C9H5FN2O2. The van der Waals surface area contributed by atoms with Crippen molar-refractivity contribution in [2.75, 3.05) is 0 Å². The Hall–Kier alpha value is -2.22. The van der Waals surface area contributed by atoms with Crippen molar-refractivity contribution >= 4 is 11.8 Å². The van der Waals surface area contributed by atoms with E-state index >= 15 is 0 Å². The second-order valence-corrected chi connectivity index (χ2v) is 2.43. The van der Waals surface area contributed by atoms with Gasteiger partial charge in [-0.05, 0) is 12.1 Å². The zero-order chi connectivity index (χ0) is 10.6. The summed E-state index contributed by atoms with van der Waals surface area (Å²) in [7, 11) is 0. The number of non-ortho nitro benzene ring substituents is 1. The maximum absolute atomic E-state index is 13.0. The number of nitro benzene ring substituents is 1. The lowest BCUT2D eigenvalue weighted by molar-refractivity contribution is -0.384. The van der Waals surface area contributed by atoms with Gasteiger partial charge in [0.2, 0.25) is 0 Å². The first-order chi connectivity index (χ1) is 6.65. The fourth-order valence-corrected chi connectivity index (χ4v) is 0.899. The number of hydrogen-bond donors (Lipinski definition) is 0. The van der Waals surface area contributed by atoms with Gasteiger partial charge in [0.05, 0.1) is 11.0 Å². The van der Waals surface area contributed by atoms with E-state index in [2.05, 4.69) is 0 Å². The summed E-state index contributed by atoms with van der Waals surface area (Å²) in [6.07, 6.45) is 2.24. The summed E-state index contributed by atoms with van der Waals surface area (Å²) in [6, 6.07) is 4.81. The number of allylic oxidation sites excluding steroid dienone is 1. The minimum atomic E-state index is -0.622. The van der Waals surface area contributed by atoms with Crippen LogP contribution in [0.2, 0.25) is 0 Å². The highest BCUT2D eigenvalue weighted by atomic mass is 19.1. The minimum absolute atomic E-state index is 0.0285. The number of hydrogen-bond acceptors (Lipinski definition) is 3. The molecule has 0 spiro atoms. The molecule has 0 aliphatic rings. The molecule has 0 heterocycles. The molecule has 1 aromatic carbocycles. The van der Waals surface area contributed by atoms with Crippen molar-refractivity contribution in [2.24, 2.45) is 0 Å². The van der Waals surface area contributed by atoms with E-state index in [1.807, 2.05) is 0 Å². The van der Waals surface area contributed by atoms with Crippen molar-refractivity contribution < 1.29 is 9.31 Å². The van der Waals surface area contributed by atoms with Crippen LogP contribution in [0.5, 0.6) is 0 Å². The third kappa shape index (κ3) is 2.14. The molecule has 1 aromatic rings. The third-order valence-electron chi connectivity index (χ3n) is 1.53. The summed E-state index contributed by atoms with van der Waals surface area (Å²) >= 11 is 0. The highest BCUT2D eigenvalue weighted by Gasteiger charge is 2.08. The molecule has 5 heteroatoms. The summed E-state index contributed by atoms with van der Waals surface area (Å²) in [4.78, 5) is 9.71. The van der Waals surface area contributed by atoms with E-state index in [-0.39, 0.29) is 11.3 Å². The highest BCUT2D eigenvalue weighted by Crippen LogP contribution is 2.17. The SMILES string of the molecule is N#C/C=C/c1cc([N+](=O)[O-])ccc1F. The first-order valence-corrected chi connectivity index (χ1v) is 3.65. The van der Waals surface area contributed by atoms with Gasteiger partial charge in [0.1, 0.15) is 5.82 Å². The molecule has 0 unspecified atom stereocenters. The molecule has 0 fully saturated rings. The predicted octanol–water partition coefficient (Wildman–Crippen LogP) is 2.27. The lowest BCUT2D eigenvalue weighted by atomic mass is 10.2. The molecule has 4 nitrogen and oxygen atoms in total. The van der Waals surface area contributed by atoms with Crippen LogP contribution in [-0.4, -0.2) is 4.92 Å². The van der Waals surface area contributed by atoms with Crippen LogP contribution in [0, 0.1) is 27.3 Å². The smallest absolute Gasteiger partial charge is 0.258 e. The first-order valence-electron chi connectivity index (χ1n) is 3.65. The summed E-state index contributed by atoms with van der Waals surface area (Å²) in [6.45, 7) is 0. The number of nitrogens with zero attached hydrogens (tertiary/aromatic N) is 2. The van der Waals surface area contributed by atoms with Crippen molar-refractivity contribution in [3.05, 3.63) is 45.8 Å². The Morgan fingerprint density at radius 1 is 1.57 bits per heavy atom. The van der Waals surface area contributed by atoms with Crippen LogP contribution in [0.25, 0.3) is 6.08 Å². The number of halogens is 1.